The largest absolute Gasteiger partial charge is 0.484 e. The highest BCUT2D eigenvalue weighted by molar-refractivity contribution is 5.98. The Bertz CT molecular complexity index is 399. The van der Waals surface area contributed by atoms with Crippen LogP contribution < -0.4 is 10.1 Å². The summed E-state index contributed by atoms with van der Waals surface area (Å²) in [5.41, 5.74) is 1.33. The molecule has 0 aliphatic heterocycles. The maximum Gasteiger partial charge on any atom is 0.257 e. The molecule has 2 N–H and O–H groups in total. The van der Waals surface area contributed by atoms with Crippen LogP contribution in [-0.2, 0) is 4.79 Å². The molecule has 0 unspecified atom stereocenters. The number of amides is 1. The van der Waals surface area contributed by atoms with Gasteiger partial charge in [-0.15, -0.1) is 0 Å². The van der Waals surface area contributed by atoms with E-state index in [0.29, 0.717) is 18.0 Å². The molecule has 1 aromatic rings. The van der Waals surface area contributed by atoms with E-state index in [-0.39, 0.29) is 12.5 Å². The average Bonchev–Trinajstić information content (AvgIpc) is 2.36. The average molecular weight is 236 g/mol. The number of nitrogens with zero attached hydrogens (tertiary/aromatic N) is 1. The molecule has 0 saturated carbocycles. The third-order valence-corrected chi connectivity index (χ3v) is 2.17. The first kappa shape index (κ1) is 13.0. The molecule has 1 aromatic carbocycles. The third kappa shape index (κ3) is 4.14. The minimum absolute atomic E-state index is 0.000256. The van der Waals surface area contributed by atoms with E-state index in [0.717, 1.165) is 5.56 Å². The van der Waals surface area contributed by atoms with Gasteiger partial charge in [0.15, 0.2) is 6.61 Å². The molecule has 0 saturated heterocycles. The Morgan fingerprint density at radius 3 is 2.59 bits per heavy atom. The molecule has 0 aliphatic rings. The van der Waals surface area contributed by atoms with Crippen LogP contribution in [0.4, 0.5) is 0 Å². The quantitative estimate of drug-likeness (QED) is 0.461. The smallest absolute Gasteiger partial charge is 0.257 e. The molecule has 92 valence electrons. The zero-order valence-electron chi connectivity index (χ0n) is 9.93. The topological polar surface area (TPSA) is 70.9 Å². The molecule has 1 amide bonds. The number of ether oxygens (including phenoxy) is 1. The molecule has 0 radical (unpaired) electrons. The Labute approximate surface area is 100 Å². The van der Waals surface area contributed by atoms with Crippen molar-refractivity contribution in [3.63, 3.8) is 0 Å². The molecule has 0 bridgehead atoms. The Balaban J connectivity index is 2.54. The monoisotopic (exact) mass is 236 g/mol. The van der Waals surface area contributed by atoms with Gasteiger partial charge in [-0.05, 0) is 43.7 Å². The Kier molecular flexibility index (Phi) is 5.00. The highest BCUT2D eigenvalue weighted by Gasteiger charge is 2.02. The Hall–Kier alpha value is -2.04. The van der Waals surface area contributed by atoms with E-state index in [1.54, 1.807) is 31.2 Å². The molecule has 0 fully saturated rings. The van der Waals surface area contributed by atoms with E-state index < -0.39 is 0 Å². The van der Waals surface area contributed by atoms with Crippen LogP contribution in [0.2, 0.25) is 0 Å². The fourth-order valence-electron chi connectivity index (χ4n) is 1.25. The second-order valence-electron chi connectivity index (χ2n) is 3.45. The lowest BCUT2D eigenvalue weighted by atomic mass is 10.1. The first-order valence-corrected chi connectivity index (χ1v) is 5.36. The molecule has 1 rings (SSSR count). The molecule has 0 spiro atoms. The van der Waals surface area contributed by atoms with Crippen LogP contribution in [-0.4, -0.2) is 30.0 Å². The van der Waals surface area contributed by atoms with Gasteiger partial charge in [0, 0.05) is 6.54 Å². The van der Waals surface area contributed by atoms with Crippen molar-refractivity contribution in [2.75, 3.05) is 13.2 Å². The maximum atomic E-state index is 11.1. The van der Waals surface area contributed by atoms with Gasteiger partial charge in [0.25, 0.3) is 5.91 Å². The van der Waals surface area contributed by atoms with Crippen molar-refractivity contribution in [1.82, 2.24) is 5.32 Å². The lowest BCUT2D eigenvalue weighted by Crippen LogP contribution is -2.28. The lowest BCUT2D eigenvalue weighted by Gasteiger charge is -2.06. The number of carbonyl (C=O) groups excluding carboxylic acids is 1. The van der Waals surface area contributed by atoms with Crippen molar-refractivity contribution >= 4 is 11.6 Å². The number of oxime groups is 1. The van der Waals surface area contributed by atoms with Crippen LogP contribution in [0.5, 0.6) is 5.75 Å². The summed E-state index contributed by atoms with van der Waals surface area (Å²) in [5, 5.41) is 14.3. The van der Waals surface area contributed by atoms with Gasteiger partial charge in [-0.1, -0.05) is 5.16 Å². The van der Waals surface area contributed by atoms with Gasteiger partial charge in [0.1, 0.15) is 5.75 Å². The molecular weight excluding hydrogens is 220 g/mol. The number of rotatable bonds is 5. The second kappa shape index (κ2) is 6.52. The molecule has 0 heterocycles. The van der Waals surface area contributed by atoms with Crippen LogP contribution >= 0.6 is 0 Å². The molecule has 5 heteroatoms. The minimum atomic E-state index is -0.148. The fraction of sp³-hybridized carbons (Fsp3) is 0.333. The van der Waals surface area contributed by atoms with Crippen LogP contribution in [0.1, 0.15) is 19.4 Å². The van der Waals surface area contributed by atoms with E-state index in [4.69, 9.17) is 9.94 Å². The number of carbonyl (C=O) groups is 1. The lowest BCUT2D eigenvalue weighted by molar-refractivity contribution is -0.122. The van der Waals surface area contributed by atoms with Crippen molar-refractivity contribution in [3.05, 3.63) is 29.8 Å². The van der Waals surface area contributed by atoms with E-state index in [9.17, 15) is 4.79 Å². The van der Waals surface area contributed by atoms with Crippen molar-refractivity contribution in [3.8, 4) is 5.75 Å². The zero-order chi connectivity index (χ0) is 12.7. The van der Waals surface area contributed by atoms with Gasteiger partial charge in [0.05, 0.1) is 5.71 Å². The predicted molar refractivity (Wildman–Crippen MR) is 64.6 cm³/mol. The summed E-state index contributed by atoms with van der Waals surface area (Å²) in [6.07, 6.45) is 0. The van der Waals surface area contributed by atoms with Crippen molar-refractivity contribution < 1.29 is 14.7 Å². The van der Waals surface area contributed by atoms with E-state index in [1.165, 1.54) is 0 Å². The van der Waals surface area contributed by atoms with Crippen LogP contribution in [0.15, 0.2) is 29.4 Å². The first-order chi connectivity index (χ1) is 8.17. The maximum absolute atomic E-state index is 11.1. The van der Waals surface area contributed by atoms with Crippen LogP contribution in [0.25, 0.3) is 0 Å². The van der Waals surface area contributed by atoms with Crippen molar-refractivity contribution in [2.45, 2.75) is 13.8 Å². The predicted octanol–water partition coefficient (Wildman–Crippen LogP) is 1.40. The SMILES string of the molecule is CCNC(=O)COc1ccc(/C(C)=N/O)cc1. The fourth-order valence-corrected chi connectivity index (χ4v) is 1.25. The number of nitrogens with one attached hydrogen (secondary N) is 1. The summed E-state index contributed by atoms with van der Waals surface area (Å²) in [6.45, 7) is 4.14. The first-order valence-electron chi connectivity index (χ1n) is 5.36. The van der Waals surface area contributed by atoms with Gasteiger partial charge in [-0.3, -0.25) is 4.79 Å². The normalized spacial score (nSPS) is 11.1. The Morgan fingerprint density at radius 2 is 2.06 bits per heavy atom. The van der Waals surface area contributed by atoms with Gasteiger partial charge in [-0.2, -0.15) is 0 Å². The van der Waals surface area contributed by atoms with Gasteiger partial charge in [-0.25, -0.2) is 0 Å². The van der Waals surface area contributed by atoms with E-state index >= 15 is 0 Å². The van der Waals surface area contributed by atoms with Crippen LogP contribution in [0, 0.1) is 0 Å². The van der Waals surface area contributed by atoms with Gasteiger partial charge < -0.3 is 15.3 Å². The molecule has 0 atom stereocenters. The number of hydrogen-bond acceptors (Lipinski definition) is 4. The summed E-state index contributed by atoms with van der Waals surface area (Å²) in [7, 11) is 0. The highest BCUT2D eigenvalue weighted by Crippen LogP contribution is 2.12. The summed E-state index contributed by atoms with van der Waals surface area (Å²) in [4.78, 5) is 11.1. The van der Waals surface area contributed by atoms with Crippen LogP contribution in [0.3, 0.4) is 0 Å². The highest BCUT2D eigenvalue weighted by atomic mass is 16.5. The molecule has 5 nitrogen and oxygen atoms in total. The number of benzene rings is 1. The summed E-state index contributed by atoms with van der Waals surface area (Å²) < 4.78 is 5.27. The number of hydrogen-bond donors (Lipinski definition) is 2. The van der Waals surface area contributed by atoms with E-state index in [2.05, 4.69) is 10.5 Å². The van der Waals surface area contributed by atoms with E-state index in [1.807, 2.05) is 6.92 Å². The molecule has 0 aromatic heterocycles. The standard InChI is InChI=1S/C12H16N2O3/c1-3-13-12(15)8-17-11-6-4-10(5-7-11)9(2)14-16/h4-7,16H,3,8H2,1-2H3,(H,13,15)/b14-9+. The van der Waals surface area contributed by atoms with Gasteiger partial charge in [0.2, 0.25) is 0 Å². The molecule has 17 heavy (non-hydrogen) atoms. The molecular formula is C12H16N2O3. The van der Waals surface area contributed by atoms with Crippen molar-refractivity contribution in [1.29, 1.82) is 0 Å². The summed E-state index contributed by atoms with van der Waals surface area (Å²) in [6, 6.07) is 6.98. The van der Waals surface area contributed by atoms with Crippen molar-refractivity contribution in [2.24, 2.45) is 5.16 Å². The minimum Gasteiger partial charge on any atom is -0.484 e. The Morgan fingerprint density at radius 1 is 1.41 bits per heavy atom. The third-order valence-electron chi connectivity index (χ3n) is 2.17. The summed E-state index contributed by atoms with van der Waals surface area (Å²) in [5.74, 6) is 0.454. The van der Waals surface area contributed by atoms with Gasteiger partial charge >= 0.3 is 0 Å². The second-order valence-corrected chi connectivity index (χ2v) is 3.45. The molecule has 0 aliphatic carbocycles. The number of likely N-dealkylation sites (N-methyl/N-ethyl adjacent to an activating group) is 1. The summed E-state index contributed by atoms with van der Waals surface area (Å²) >= 11 is 0. The zero-order valence-corrected chi connectivity index (χ0v) is 9.93.